The smallest absolute Gasteiger partial charge is 0.433 e. The Morgan fingerprint density at radius 2 is 1.79 bits per heavy atom. The molecule has 2 aliphatic rings. The fraction of sp³-hybridized carbons (Fsp3) is 0.476. The highest BCUT2D eigenvalue weighted by Crippen LogP contribution is 2.28. The molecular formula is C21H23F3N4O5S. The number of ether oxygens (including phenoxy) is 2. The van der Waals surface area contributed by atoms with E-state index in [0.717, 1.165) is 12.3 Å². The number of likely N-dealkylation sites (tertiary alicyclic amines) is 1. The van der Waals surface area contributed by atoms with Crippen LogP contribution in [0.15, 0.2) is 41.4 Å². The maximum atomic E-state index is 13.0. The lowest BCUT2D eigenvalue weighted by molar-refractivity contribution is -0.141. The SMILES string of the molecule is O=C(c1ccc(S(=O)(=O)N2CCOCC2)cc1)N1CCCC(Oc2nccc(C(F)(F)F)n2)C1. The summed E-state index contributed by atoms with van der Waals surface area (Å²) >= 11 is 0. The maximum Gasteiger partial charge on any atom is 0.433 e. The molecule has 13 heteroatoms. The third kappa shape index (κ3) is 5.47. The summed E-state index contributed by atoms with van der Waals surface area (Å²) in [6.45, 7) is 1.79. The van der Waals surface area contributed by atoms with Gasteiger partial charge in [0.1, 0.15) is 6.10 Å². The van der Waals surface area contributed by atoms with Crippen LogP contribution in [0.2, 0.25) is 0 Å². The van der Waals surface area contributed by atoms with Gasteiger partial charge in [-0.15, -0.1) is 0 Å². The molecule has 0 aliphatic carbocycles. The van der Waals surface area contributed by atoms with Crippen molar-refractivity contribution in [1.29, 1.82) is 0 Å². The minimum Gasteiger partial charge on any atom is -0.458 e. The molecule has 1 aromatic heterocycles. The first-order chi connectivity index (χ1) is 16.1. The van der Waals surface area contributed by atoms with Crippen LogP contribution in [0.3, 0.4) is 0 Å². The molecule has 2 aliphatic heterocycles. The van der Waals surface area contributed by atoms with Gasteiger partial charge >= 0.3 is 12.2 Å². The average molecular weight is 500 g/mol. The summed E-state index contributed by atoms with van der Waals surface area (Å²) in [5, 5.41) is 0. The molecule has 0 radical (unpaired) electrons. The molecule has 2 aromatic rings. The van der Waals surface area contributed by atoms with Crippen molar-refractivity contribution in [2.24, 2.45) is 0 Å². The molecular weight excluding hydrogens is 477 g/mol. The van der Waals surface area contributed by atoms with Crippen LogP contribution in [0.5, 0.6) is 6.01 Å². The summed E-state index contributed by atoms with van der Waals surface area (Å²) in [5.41, 5.74) is -0.801. The van der Waals surface area contributed by atoms with Crippen molar-refractivity contribution in [3.8, 4) is 6.01 Å². The van der Waals surface area contributed by atoms with Crippen LogP contribution in [-0.2, 0) is 20.9 Å². The molecule has 3 heterocycles. The van der Waals surface area contributed by atoms with Gasteiger partial charge in [0.25, 0.3) is 5.91 Å². The third-order valence-electron chi connectivity index (χ3n) is 5.57. The minimum atomic E-state index is -4.61. The molecule has 1 atom stereocenters. The predicted octanol–water partition coefficient (Wildman–Crippen LogP) is 2.20. The number of rotatable bonds is 5. The number of halogens is 3. The number of amides is 1. The highest BCUT2D eigenvalue weighted by molar-refractivity contribution is 7.89. The first kappa shape index (κ1) is 24.4. The number of hydrogen-bond donors (Lipinski definition) is 0. The van der Waals surface area contributed by atoms with E-state index < -0.39 is 34.0 Å². The zero-order chi connectivity index (χ0) is 24.3. The van der Waals surface area contributed by atoms with Crippen molar-refractivity contribution in [2.45, 2.75) is 30.0 Å². The zero-order valence-electron chi connectivity index (χ0n) is 18.1. The normalized spacial score (nSPS) is 20.2. The third-order valence-corrected chi connectivity index (χ3v) is 7.48. The lowest BCUT2D eigenvalue weighted by atomic mass is 10.1. The van der Waals surface area contributed by atoms with Gasteiger partial charge in [0.2, 0.25) is 10.0 Å². The van der Waals surface area contributed by atoms with Gasteiger partial charge in [-0.2, -0.15) is 22.5 Å². The second kappa shape index (κ2) is 9.84. The van der Waals surface area contributed by atoms with Crippen LogP contribution >= 0.6 is 0 Å². The number of nitrogens with zero attached hydrogens (tertiary/aromatic N) is 4. The second-order valence-electron chi connectivity index (χ2n) is 7.90. The second-order valence-corrected chi connectivity index (χ2v) is 9.83. The van der Waals surface area contributed by atoms with Crippen LogP contribution in [0, 0.1) is 0 Å². The molecule has 1 unspecified atom stereocenters. The molecule has 0 bridgehead atoms. The van der Waals surface area contributed by atoms with E-state index in [0.29, 0.717) is 38.2 Å². The van der Waals surface area contributed by atoms with Gasteiger partial charge in [-0.05, 0) is 43.2 Å². The van der Waals surface area contributed by atoms with Gasteiger partial charge in [-0.25, -0.2) is 13.4 Å². The van der Waals surface area contributed by atoms with Gasteiger partial charge in [-0.1, -0.05) is 0 Å². The van der Waals surface area contributed by atoms with Crippen LogP contribution in [0.4, 0.5) is 13.2 Å². The largest absolute Gasteiger partial charge is 0.458 e. The maximum absolute atomic E-state index is 13.0. The molecule has 9 nitrogen and oxygen atoms in total. The van der Waals surface area contributed by atoms with Gasteiger partial charge in [0.15, 0.2) is 5.69 Å². The van der Waals surface area contributed by atoms with E-state index in [1.807, 2.05) is 0 Å². The minimum absolute atomic E-state index is 0.0903. The number of sulfonamides is 1. The molecule has 34 heavy (non-hydrogen) atoms. The van der Waals surface area contributed by atoms with Crippen LogP contribution in [0.1, 0.15) is 28.9 Å². The number of carbonyl (C=O) groups is 1. The molecule has 0 N–H and O–H groups in total. The van der Waals surface area contributed by atoms with Crippen molar-refractivity contribution >= 4 is 15.9 Å². The van der Waals surface area contributed by atoms with Crippen molar-refractivity contribution in [3.05, 3.63) is 47.8 Å². The number of morpholine rings is 1. The number of benzene rings is 1. The van der Waals surface area contributed by atoms with Gasteiger partial charge in [0, 0.05) is 31.4 Å². The summed E-state index contributed by atoms with van der Waals surface area (Å²) in [7, 11) is -3.67. The lowest BCUT2D eigenvalue weighted by Gasteiger charge is -2.32. The van der Waals surface area contributed by atoms with E-state index >= 15 is 0 Å². The quantitative estimate of drug-likeness (QED) is 0.620. The molecule has 184 valence electrons. The first-order valence-corrected chi connectivity index (χ1v) is 12.1. The Hall–Kier alpha value is -2.77. The van der Waals surface area contributed by atoms with E-state index in [1.54, 1.807) is 0 Å². The first-order valence-electron chi connectivity index (χ1n) is 10.7. The van der Waals surface area contributed by atoms with E-state index in [4.69, 9.17) is 9.47 Å². The summed E-state index contributed by atoms with van der Waals surface area (Å²) in [6.07, 6.45) is -3.10. The molecule has 2 fully saturated rings. The summed E-state index contributed by atoms with van der Waals surface area (Å²) < 4.78 is 76.2. The summed E-state index contributed by atoms with van der Waals surface area (Å²) in [6, 6.07) is 6.06. The Balaban J connectivity index is 1.41. The molecule has 0 saturated carbocycles. The van der Waals surface area contributed by atoms with E-state index in [2.05, 4.69) is 9.97 Å². The number of alkyl halides is 3. The van der Waals surface area contributed by atoms with Crippen molar-refractivity contribution < 1.29 is 35.9 Å². The molecule has 1 amide bonds. The van der Waals surface area contributed by atoms with Crippen molar-refractivity contribution in [1.82, 2.24) is 19.2 Å². The van der Waals surface area contributed by atoms with Crippen molar-refractivity contribution in [3.63, 3.8) is 0 Å². The Bertz CT molecular complexity index is 1120. The van der Waals surface area contributed by atoms with E-state index in [-0.39, 0.29) is 30.4 Å². The Labute approximate surface area is 194 Å². The van der Waals surface area contributed by atoms with Gasteiger partial charge in [0.05, 0.1) is 24.7 Å². The van der Waals surface area contributed by atoms with Crippen LogP contribution < -0.4 is 4.74 Å². The van der Waals surface area contributed by atoms with E-state index in [9.17, 15) is 26.4 Å². The fourth-order valence-corrected chi connectivity index (χ4v) is 5.22. The predicted molar refractivity (Wildman–Crippen MR) is 113 cm³/mol. The Morgan fingerprint density at radius 1 is 1.09 bits per heavy atom. The van der Waals surface area contributed by atoms with Gasteiger partial charge < -0.3 is 14.4 Å². The van der Waals surface area contributed by atoms with Gasteiger partial charge in [-0.3, -0.25) is 4.79 Å². The lowest BCUT2D eigenvalue weighted by Crippen LogP contribution is -2.44. The van der Waals surface area contributed by atoms with Crippen LogP contribution in [0.25, 0.3) is 0 Å². The Morgan fingerprint density at radius 3 is 2.47 bits per heavy atom. The van der Waals surface area contributed by atoms with Crippen LogP contribution in [-0.4, -0.2) is 79.0 Å². The zero-order valence-corrected chi connectivity index (χ0v) is 18.9. The number of carbonyl (C=O) groups excluding carboxylic acids is 1. The van der Waals surface area contributed by atoms with Crippen molar-refractivity contribution in [2.75, 3.05) is 39.4 Å². The fourth-order valence-electron chi connectivity index (χ4n) is 3.81. The monoisotopic (exact) mass is 500 g/mol. The average Bonchev–Trinajstić information content (AvgIpc) is 2.84. The number of piperidine rings is 1. The molecule has 0 spiro atoms. The topological polar surface area (TPSA) is 102 Å². The highest BCUT2D eigenvalue weighted by atomic mass is 32.2. The number of aromatic nitrogens is 2. The number of hydrogen-bond acceptors (Lipinski definition) is 7. The summed E-state index contributed by atoms with van der Waals surface area (Å²) in [4.78, 5) is 21.7. The molecule has 4 rings (SSSR count). The Kier molecular flexibility index (Phi) is 7.05. The standard InChI is InChI=1S/C21H23F3N4O5S/c22-21(23,24)18-7-8-25-20(26-18)33-16-2-1-9-27(14-16)19(29)15-3-5-17(6-4-15)34(30,31)28-10-12-32-13-11-28/h3-8,16H,1-2,9-14H2. The molecule has 1 aromatic carbocycles. The summed E-state index contributed by atoms with van der Waals surface area (Å²) in [5.74, 6) is -0.325. The van der Waals surface area contributed by atoms with E-state index in [1.165, 1.54) is 33.5 Å². The molecule has 2 saturated heterocycles. The highest BCUT2D eigenvalue weighted by Gasteiger charge is 2.34.